The van der Waals surface area contributed by atoms with Gasteiger partial charge >= 0.3 is 0 Å². The van der Waals surface area contributed by atoms with Crippen molar-refractivity contribution in [3.8, 4) is 0 Å². The van der Waals surface area contributed by atoms with Crippen LogP contribution < -0.4 is 9.62 Å². The first-order chi connectivity index (χ1) is 11.7. The summed E-state index contributed by atoms with van der Waals surface area (Å²) in [5.74, 6) is -0.460. The third kappa shape index (κ3) is 4.74. The van der Waals surface area contributed by atoms with Gasteiger partial charge in [0.25, 0.3) is 0 Å². The van der Waals surface area contributed by atoms with E-state index in [2.05, 4.69) is 5.32 Å². The van der Waals surface area contributed by atoms with Crippen LogP contribution in [-0.2, 0) is 21.2 Å². The average molecular weight is 381 g/mol. The highest BCUT2D eigenvalue weighted by molar-refractivity contribution is 7.92. The van der Waals surface area contributed by atoms with Crippen molar-refractivity contribution in [1.29, 1.82) is 0 Å². The summed E-state index contributed by atoms with van der Waals surface area (Å²) in [5, 5.41) is 3.07. The summed E-state index contributed by atoms with van der Waals surface area (Å²) in [6.07, 6.45) is 1.93. The molecule has 0 fully saturated rings. The van der Waals surface area contributed by atoms with Crippen LogP contribution in [0.1, 0.15) is 19.4 Å². The number of hydrogen-bond donors (Lipinski definition) is 1. The fourth-order valence-corrected chi connectivity index (χ4v) is 3.84. The number of hydrogen-bond acceptors (Lipinski definition) is 3. The van der Waals surface area contributed by atoms with Crippen molar-refractivity contribution in [3.05, 3.63) is 59.1 Å². The Kier molecular flexibility index (Phi) is 6.08. The maximum absolute atomic E-state index is 12.6. The Bertz CT molecular complexity index is 851. The van der Waals surface area contributed by atoms with Crippen LogP contribution in [0.2, 0.25) is 5.02 Å². The number of aryl methyl sites for hydroxylation is 1. The van der Waals surface area contributed by atoms with E-state index in [1.54, 1.807) is 43.3 Å². The number of halogens is 1. The first kappa shape index (κ1) is 19.3. The second-order valence-corrected chi connectivity index (χ2v) is 7.99. The number of carbonyl (C=O) groups is 1. The lowest BCUT2D eigenvalue weighted by atomic mass is 10.1. The number of rotatable bonds is 6. The van der Waals surface area contributed by atoms with Crippen LogP contribution in [0.5, 0.6) is 0 Å². The van der Waals surface area contributed by atoms with Crippen LogP contribution in [0.25, 0.3) is 0 Å². The van der Waals surface area contributed by atoms with E-state index in [0.29, 0.717) is 16.4 Å². The molecule has 0 saturated carbocycles. The first-order valence-corrected chi connectivity index (χ1v) is 10.1. The van der Waals surface area contributed by atoms with Crippen molar-refractivity contribution < 1.29 is 13.2 Å². The van der Waals surface area contributed by atoms with Crippen molar-refractivity contribution in [3.63, 3.8) is 0 Å². The summed E-state index contributed by atoms with van der Waals surface area (Å²) in [6, 6.07) is 13.0. The van der Waals surface area contributed by atoms with Crippen LogP contribution in [0.15, 0.2) is 48.5 Å². The van der Waals surface area contributed by atoms with Crippen molar-refractivity contribution >= 4 is 38.9 Å². The van der Waals surface area contributed by atoms with E-state index >= 15 is 0 Å². The van der Waals surface area contributed by atoms with Crippen LogP contribution >= 0.6 is 11.6 Å². The minimum absolute atomic E-state index is 0.390. The number of benzene rings is 2. The van der Waals surface area contributed by atoms with E-state index in [1.165, 1.54) is 0 Å². The Morgan fingerprint density at radius 1 is 1.16 bits per heavy atom. The van der Waals surface area contributed by atoms with Gasteiger partial charge in [0.15, 0.2) is 0 Å². The van der Waals surface area contributed by atoms with Gasteiger partial charge in [-0.15, -0.1) is 0 Å². The van der Waals surface area contributed by atoms with Crippen molar-refractivity contribution in [1.82, 2.24) is 0 Å². The Morgan fingerprint density at radius 2 is 1.76 bits per heavy atom. The summed E-state index contributed by atoms with van der Waals surface area (Å²) < 4.78 is 25.7. The summed E-state index contributed by atoms with van der Waals surface area (Å²) in [7, 11) is -3.64. The molecule has 0 unspecified atom stereocenters. The molecule has 7 heteroatoms. The van der Waals surface area contributed by atoms with Gasteiger partial charge in [0, 0.05) is 0 Å². The van der Waals surface area contributed by atoms with Gasteiger partial charge in [-0.3, -0.25) is 9.10 Å². The minimum Gasteiger partial charge on any atom is -0.323 e. The lowest BCUT2D eigenvalue weighted by Crippen LogP contribution is -2.45. The molecule has 0 aliphatic carbocycles. The fourth-order valence-electron chi connectivity index (χ4n) is 2.49. The lowest BCUT2D eigenvalue weighted by Gasteiger charge is -2.28. The van der Waals surface area contributed by atoms with Crippen LogP contribution in [0.4, 0.5) is 11.4 Å². The molecule has 0 bridgehead atoms. The molecule has 0 spiro atoms. The lowest BCUT2D eigenvalue weighted by molar-refractivity contribution is -0.116. The predicted molar refractivity (Wildman–Crippen MR) is 103 cm³/mol. The van der Waals surface area contributed by atoms with E-state index in [-0.39, 0.29) is 0 Å². The van der Waals surface area contributed by atoms with E-state index < -0.39 is 22.0 Å². The van der Waals surface area contributed by atoms with Crippen molar-refractivity contribution in [2.24, 2.45) is 0 Å². The number of anilines is 2. The normalized spacial score (nSPS) is 12.5. The van der Waals surface area contributed by atoms with Gasteiger partial charge in [0.2, 0.25) is 15.9 Å². The topological polar surface area (TPSA) is 66.5 Å². The predicted octanol–water partition coefficient (Wildman–Crippen LogP) is 3.70. The molecule has 0 radical (unpaired) electrons. The summed E-state index contributed by atoms with van der Waals surface area (Å²) in [6.45, 7) is 3.56. The van der Waals surface area contributed by atoms with Gasteiger partial charge < -0.3 is 5.32 Å². The fraction of sp³-hybridized carbons (Fsp3) is 0.278. The summed E-state index contributed by atoms with van der Waals surface area (Å²) >= 11 is 6.05. The van der Waals surface area contributed by atoms with Crippen molar-refractivity contribution in [2.45, 2.75) is 26.3 Å². The van der Waals surface area contributed by atoms with Crippen LogP contribution in [0, 0.1) is 0 Å². The molecule has 2 aromatic rings. The summed E-state index contributed by atoms with van der Waals surface area (Å²) in [4.78, 5) is 12.6. The van der Waals surface area contributed by atoms with Gasteiger partial charge in [-0.2, -0.15) is 0 Å². The Hall–Kier alpha value is -2.05. The maximum Gasteiger partial charge on any atom is 0.248 e. The molecule has 2 rings (SSSR count). The quantitative estimate of drug-likeness (QED) is 0.830. The number of para-hydroxylation sites is 1. The van der Waals surface area contributed by atoms with Crippen LogP contribution in [-0.4, -0.2) is 26.6 Å². The molecule has 1 N–H and O–H groups in total. The molecular formula is C18H21ClN2O3S. The minimum atomic E-state index is -3.64. The van der Waals surface area contributed by atoms with Crippen molar-refractivity contribution in [2.75, 3.05) is 15.9 Å². The molecule has 0 aliphatic heterocycles. The highest BCUT2D eigenvalue weighted by Gasteiger charge is 2.29. The SMILES string of the molecule is CCc1ccc(N([C@@H](C)C(=O)Nc2ccccc2Cl)S(C)(=O)=O)cc1. The van der Waals surface area contributed by atoms with Gasteiger partial charge in [0.05, 0.1) is 22.7 Å². The number of sulfonamides is 1. The molecule has 25 heavy (non-hydrogen) atoms. The van der Waals surface area contributed by atoms with Gasteiger partial charge in [-0.05, 0) is 43.2 Å². The largest absolute Gasteiger partial charge is 0.323 e. The number of amides is 1. The standard InChI is InChI=1S/C18H21ClN2O3S/c1-4-14-9-11-15(12-10-14)21(25(3,23)24)13(2)18(22)20-17-8-6-5-7-16(17)19/h5-13H,4H2,1-3H3,(H,20,22)/t13-/m0/s1. The summed E-state index contributed by atoms with van der Waals surface area (Å²) in [5.41, 5.74) is 1.97. The van der Waals surface area contributed by atoms with E-state index in [9.17, 15) is 13.2 Å². The molecule has 1 amide bonds. The molecule has 2 aromatic carbocycles. The third-order valence-corrected chi connectivity index (χ3v) is 5.39. The Labute approximate surface area is 153 Å². The second-order valence-electron chi connectivity index (χ2n) is 5.72. The monoisotopic (exact) mass is 380 g/mol. The molecule has 0 aromatic heterocycles. The zero-order chi connectivity index (χ0) is 18.6. The van der Waals surface area contributed by atoms with E-state index in [0.717, 1.165) is 22.5 Å². The molecule has 5 nitrogen and oxygen atoms in total. The Morgan fingerprint density at radius 3 is 2.28 bits per heavy atom. The second kappa shape index (κ2) is 7.89. The van der Waals surface area contributed by atoms with Gasteiger partial charge in [-0.1, -0.05) is 42.8 Å². The molecule has 1 atom stereocenters. The van der Waals surface area contributed by atoms with Gasteiger partial charge in [-0.25, -0.2) is 8.42 Å². The highest BCUT2D eigenvalue weighted by Crippen LogP contribution is 2.24. The average Bonchev–Trinajstić information content (AvgIpc) is 2.56. The molecule has 134 valence electrons. The maximum atomic E-state index is 12.6. The highest BCUT2D eigenvalue weighted by atomic mass is 35.5. The van der Waals surface area contributed by atoms with Crippen LogP contribution in [0.3, 0.4) is 0 Å². The zero-order valence-electron chi connectivity index (χ0n) is 14.4. The smallest absolute Gasteiger partial charge is 0.248 e. The molecular weight excluding hydrogens is 360 g/mol. The third-order valence-electron chi connectivity index (χ3n) is 3.82. The number of nitrogens with one attached hydrogen (secondary N) is 1. The van der Waals surface area contributed by atoms with Gasteiger partial charge in [0.1, 0.15) is 6.04 Å². The number of nitrogens with zero attached hydrogens (tertiary/aromatic N) is 1. The van der Waals surface area contributed by atoms with E-state index in [1.807, 2.05) is 19.1 Å². The molecule has 0 saturated heterocycles. The Balaban J connectivity index is 2.31. The molecule has 0 aliphatic rings. The van der Waals surface area contributed by atoms with E-state index in [4.69, 9.17) is 11.6 Å². The molecule has 0 heterocycles. The number of carbonyl (C=O) groups excluding carboxylic acids is 1. The zero-order valence-corrected chi connectivity index (χ0v) is 15.9. The first-order valence-electron chi connectivity index (χ1n) is 7.87.